The number of anilines is 1. The molecule has 0 spiro atoms. The van der Waals surface area contributed by atoms with E-state index >= 15 is 0 Å². The van der Waals surface area contributed by atoms with Crippen LogP contribution in [0.1, 0.15) is 54.4 Å². The first-order valence-corrected chi connectivity index (χ1v) is 12.5. The van der Waals surface area contributed by atoms with Crippen LogP contribution < -0.4 is 10.6 Å². The highest BCUT2D eigenvalue weighted by atomic mass is 35.5. The number of hydrogen-bond acceptors (Lipinski definition) is 3. The quantitative estimate of drug-likeness (QED) is 0.505. The van der Waals surface area contributed by atoms with Crippen LogP contribution in [0, 0.1) is 12.8 Å². The Morgan fingerprint density at radius 3 is 2.72 bits per heavy atom. The molecule has 29 heavy (non-hydrogen) atoms. The summed E-state index contributed by atoms with van der Waals surface area (Å²) in [5, 5.41) is 8.14. The summed E-state index contributed by atoms with van der Waals surface area (Å²) in [5.74, 6) is 2.08. The number of fused-ring (bicyclic) bond motifs is 1. The Morgan fingerprint density at radius 2 is 1.90 bits per heavy atom. The Bertz CT molecular complexity index is 830. The molecule has 0 unspecified atom stereocenters. The van der Waals surface area contributed by atoms with Gasteiger partial charge in [-0.2, -0.15) is 0 Å². The average molecular weight is 429 g/mol. The zero-order chi connectivity index (χ0) is 20.1. The van der Waals surface area contributed by atoms with Crippen molar-refractivity contribution in [2.24, 2.45) is 5.92 Å². The molecule has 1 heterocycles. The first-order chi connectivity index (χ1) is 14.2. The minimum absolute atomic E-state index is 0.817. The monoisotopic (exact) mass is 428 g/mol. The van der Waals surface area contributed by atoms with Gasteiger partial charge in [0.05, 0.1) is 5.02 Å². The first kappa shape index (κ1) is 21.1. The van der Waals surface area contributed by atoms with E-state index in [-0.39, 0.29) is 0 Å². The Hall–Kier alpha value is -1.16. The van der Waals surface area contributed by atoms with E-state index in [1.807, 2.05) is 11.8 Å². The molecule has 4 heteroatoms. The molecule has 0 aromatic heterocycles. The van der Waals surface area contributed by atoms with Crippen LogP contribution >= 0.6 is 23.4 Å². The second kappa shape index (κ2) is 10.2. The third-order valence-electron chi connectivity index (χ3n) is 6.41. The lowest BCUT2D eigenvalue weighted by Gasteiger charge is -2.21. The fourth-order valence-corrected chi connectivity index (χ4v) is 6.14. The third-order valence-corrected chi connectivity index (χ3v) is 8.14. The van der Waals surface area contributed by atoms with Crippen molar-refractivity contribution >= 4 is 29.1 Å². The number of benzene rings is 2. The summed E-state index contributed by atoms with van der Waals surface area (Å²) >= 11 is 8.58. The van der Waals surface area contributed by atoms with Crippen molar-refractivity contribution in [1.29, 1.82) is 0 Å². The SMILES string of the molecule is Cc1ccc2c(c1NCc1ccc(SCC3CCCCC3)c(Cl)c1)CCNCC2. The average Bonchev–Trinajstić information content (AvgIpc) is 2.99. The van der Waals surface area contributed by atoms with Crippen molar-refractivity contribution in [2.45, 2.75) is 63.3 Å². The molecular formula is C25H33ClN2S. The van der Waals surface area contributed by atoms with Gasteiger partial charge in [0.15, 0.2) is 0 Å². The lowest BCUT2D eigenvalue weighted by Crippen LogP contribution is -2.16. The summed E-state index contributed by atoms with van der Waals surface area (Å²) < 4.78 is 0. The van der Waals surface area contributed by atoms with Crippen molar-refractivity contribution in [3.8, 4) is 0 Å². The molecular weight excluding hydrogens is 396 g/mol. The predicted octanol–water partition coefficient (Wildman–Crippen LogP) is 6.62. The van der Waals surface area contributed by atoms with Crippen LogP contribution in [0.15, 0.2) is 35.2 Å². The van der Waals surface area contributed by atoms with Crippen molar-refractivity contribution in [1.82, 2.24) is 5.32 Å². The van der Waals surface area contributed by atoms with E-state index < -0.39 is 0 Å². The lowest BCUT2D eigenvalue weighted by molar-refractivity contribution is 0.391. The van der Waals surface area contributed by atoms with Gasteiger partial charge in [-0.05, 0) is 86.0 Å². The van der Waals surface area contributed by atoms with Gasteiger partial charge in [0.1, 0.15) is 0 Å². The van der Waals surface area contributed by atoms with Crippen molar-refractivity contribution < 1.29 is 0 Å². The third kappa shape index (κ3) is 5.51. The number of nitrogens with one attached hydrogen (secondary N) is 2. The Kier molecular flexibility index (Phi) is 7.44. The Labute approximate surface area is 185 Å². The fourth-order valence-electron chi connectivity index (χ4n) is 4.66. The van der Waals surface area contributed by atoms with Gasteiger partial charge < -0.3 is 10.6 Å². The fraction of sp³-hybridized carbons (Fsp3) is 0.520. The second-order valence-electron chi connectivity index (χ2n) is 8.58. The molecule has 0 bridgehead atoms. The smallest absolute Gasteiger partial charge is 0.0545 e. The molecule has 2 aromatic rings. The molecule has 0 radical (unpaired) electrons. The maximum Gasteiger partial charge on any atom is 0.0545 e. The summed E-state index contributed by atoms with van der Waals surface area (Å²) in [6.45, 7) is 5.16. The molecule has 2 aliphatic rings. The molecule has 2 nitrogen and oxygen atoms in total. The Morgan fingerprint density at radius 1 is 1.07 bits per heavy atom. The van der Waals surface area contributed by atoms with Crippen LogP contribution in [0.2, 0.25) is 5.02 Å². The van der Waals surface area contributed by atoms with Gasteiger partial charge in [-0.15, -0.1) is 11.8 Å². The van der Waals surface area contributed by atoms with Crippen LogP contribution in [0.4, 0.5) is 5.69 Å². The van der Waals surface area contributed by atoms with Gasteiger partial charge in [0.25, 0.3) is 0 Å². The van der Waals surface area contributed by atoms with Crippen molar-refractivity contribution in [2.75, 3.05) is 24.2 Å². The number of aryl methyl sites for hydroxylation is 1. The van der Waals surface area contributed by atoms with Crippen LogP contribution in [-0.4, -0.2) is 18.8 Å². The molecule has 4 rings (SSSR count). The second-order valence-corrected chi connectivity index (χ2v) is 10.0. The van der Waals surface area contributed by atoms with E-state index in [1.54, 1.807) is 0 Å². The van der Waals surface area contributed by atoms with E-state index in [1.165, 1.54) is 70.7 Å². The topological polar surface area (TPSA) is 24.1 Å². The highest BCUT2D eigenvalue weighted by molar-refractivity contribution is 7.99. The molecule has 156 valence electrons. The molecule has 0 atom stereocenters. The molecule has 1 aliphatic heterocycles. The van der Waals surface area contributed by atoms with Crippen LogP contribution in [0.3, 0.4) is 0 Å². The molecule has 0 saturated heterocycles. The maximum atomic E-state index is 6.64. The largest absolute Gasteiger partial charge is 0.381 e. The van der Waals surface area contributed by atoms with Crippen LogP contribution in [0.25, 0.3) is 0 Å². The summed E-state index contributed by atoms with van der Waals surface area (Å²) in [4.78, 5) is 1.23. The molecule has 2 N–H and O–H groups in total. The van der Waals surface area contributed by atoms with Gasteiger partial charge in [-0.3, -0.25) is 0 Å². The molecule has 0 amide bonds. The first-order valence-electron chi connectivity index (χ1n) is 11.2. The highest BCUT2D eigenvalue weighted by Crippen LogP contribution is 2.34. The van der Waals surface area contributed by atoms with Gasteiger partial charge in [0, 0.05) is 22.9 Å². The Balaban J connectivity index is 1.39. The summed E-state index contributed by atoms with van der Waals surface area (Å²) in [7, 11) is 0. The van der Waals surface area contributed by atoms with Crippen LogP contribution in [0.5, 0.6) is 0 Å². The number of hydrogen-bond donors (Lipinski definition) is 2. The number of halogens is 1. The van der Waals surface area contributed by atoms with Gasteiger partial charge in [-0.25, -0.2) is 0 Å². The van der Waals surface area contributed by atoms with E-state index in [0.717, 1.165) is 43.4 Å². The van der Waals surface area contributed by atoms with Crippen LogP contribution in [-0.2, 0) is 19.4 Å². The van der Waals surface area contributed by atoms with E-state index in [0.29, 0.717) is 0 Å². The number of rotatable bonds is 6. The standard InChI is InChI=1S/C25H33ClN2S/c1-18-7-9-21-11-13-27-14-12-22(21)25(18)28-16-20-8-10-24(23(26)15-20)29-17-19-5-3-2-4-6-19/h7-10,15,19,27-28H,2-6,11-14,16-17H2,1H3. The van der Waals surface area contributed by atoms with Crippen molar-refractivity contribution in [3.05, 3.63) is 57.6 Å². The minimum atomic E-state index is 0.817. The van der Waals surface area contributed by atoms with E-state index in [4.69, 9.17) is 11.6 Å². The normalized spacial score (nSPS) is 17.6. The summed E-state index contributed by atoms with van der Waals surface area (Å²) in [6.07, 6.45) is 9.22. The zero-order valence-electron chi connectivity index (χ0n) is 17.5. The van der Waals surface area contributed by atoms with Gasteiger partial charge in [-0.1, -0.05) is 49.1 Å². The maximum absolute atomic E-state index is 6.64. The van der Waals surface area contributed by atoms with Crippen molar-refractivity contribution in [3.63, 3.8) is 0 Å². The zero-order valence-corrected chi connectivity index (χ0v) is 19.1. The molecule has 2 aromatic carbocycles. The number of thioether (sulfide) groups is 1. The predicted molar refractivity (Wildman–Crippen MR) is 128 cm³/mol. The lowest BCUT2D eigenvalue weighted by atomic mass is 9.91. The van der Waals surface area contributed by atoms with E-state index in [9.17, 15) is 0 Å². The van der Waals surface area contributed by atoms with Gasteiger partial charge >= 0.3 is 0 Å². The molecule has 1 aliphatic carbocycles. The highest BCUT2D eigenvalue weighted by Gasteiger charge is 2.16. The summed E-state index contributed by atoms with van der Waals surface area (Å²) in [5.41, 5.74) is 6.87. The summed E-state index contributed by atoms with van der Waals surface area (Å²) in [6, 6.07) is 11.2. The van der Waals surface area contributed by atoms with E-state index in [2.05, 4.69) is 47.9 Å². The minimum Gasteiger partial charge on any atom is -0.381 e. The molecule has 1 fully saturated rings. The van der Waals surface area contributed by atoms with Gasteiger partial charge in [0.2, 0.25) is 0 Å². The molecule has 1 saturated carbocycles.